The Morgan fingerprint density at radius 1 is 1.14 bits per heavy atom. The Morgan fingerprint density at radius 3 is 2.33 bits per heavy atom. The van der Waals surface area contributed by atoms with Crippen LogP contribution in [0.4, 0.5) is 18.9 Å². The fraction of sp³-hybridized carbons (Fsp3) is 0.267. The van der Waals surface area contributed by atoms with Crippen LogP contribution in [0.1, 0.15) is 20.3 Å². The second-order valence-electron chi connectivity index (χ2n) is 3.85. The van der Waals surface area contributed by atoms with Crippen molar-refractivity contribution in [3.63, 3.8) is 0 Å². The van der Waals surface area contributed by atoms with Crippen LogP contribution in [0.3, 0.4) is 0 Å². The predicted molar refractivity (Wildman–Crippen MR) is 78.2 cm³/mol. The molecule has 114 valence electrons. The third-order valence-electron chi connectivity index (χ3n) is 2.34. The normalized spacial score (nSPS) is 14.3. The van der Waals surface area contributed by atoms with Gasteiger partial charge in [0.2, 0.25) is 0 Å². The van der Waals surface area contributed by atoms with Crippen molar-refractivity contribution in [1.82, 2.24) is 0 Å². The number of ether oxygens (including phenoxy) is 1. The molecule has 0 aromatic heterocycles. The van der Waals surface area contributed by atoms with Crippen LogP contribution in [-0.4, -0.2) is 12.4 Å². The summed E-state index contributed by atoms with van der Waals surface area (Å²) in [7, 11) is 0. The summed E-state index contributed by atoms with van der Waals surface area (Å²) in [6.07, 6.45) is -0.623. The number of anilines is 1. The number of aliphatic imine (C=N–C) groups is 1. The standard InChI is InChI=1S/C13H11F3N2O.C2H6/c14-13(15,16)12-8-11(2-1-7-18-12)19-10-5-3-9(17)4-6-10;1-2/h2-8H,1,17H2;1-2H3. The van der Waals surface area contributed by atoms with Gasteiger partial charge in [0, 0.05) is 24.4 Å². The fourth-order valence-electron chi connectivity index (χ4n) is 1.45. The van der Waals surface area contributed by atoms with Crippen LogP contribution < -0.4 is 10.5 Å². The minimum Gasteiger partial charge on any atom is -0.458 e. The summed E-state index contributed by atoms with van der Waals surface area (Å²) in [5, 5.41) is 0. The highest BCUT2D eigenvalue weighted by Crippen LogP contribution is 2.29. The molecule has 6 heteroatoms. The zero-order valence-electron chi connectivity index (χ0n) is 11.8. The Bertz CT molecular complexity index is 543. The molecule has 0 bridgehead atoms. The number of hydrogen-bond acceptors (Lipinski definition) is 3. The molecule has 0 fully saturated rings. The van der Waals surface area contributed by atoms with E-state index in [2.05, 4.69) is 4.99 Å². The highest BCUT2D eigenvalue weighted by molar-refractivity contribution is 5.63. The number of benzene rings is 1. The fourth-order valence-corrected chi connectivity index (χ4v) is 1.45. The van der Waals surface area contributed by atoms with Gasteiger partial charge in [-0.05, 0) is 30.3 Å². The number of rotatable bonds is 2. The molecule has 0 aliphatic carbocycles. The Hall–Kier alpha value is -2.24. The second kappa shape index (κ2) is 7.52. The van der Waals surface area contributed by atoms with E-state index in [0.29, 0.717) is 11.4 Å². The van der Waals surface area contributed by atoms with Gasteiger partial charge >= 0.3 is 6.18 Å². The molecule has 0 radical (unpaired) electrons. The van der Waals surface area contributed by atoms with Gasteiger partial charge in [0.15, 0.2) is 0 Å². The van der Waals surface area contributed by atoms with E-state index >= 15 is 0 Å². The molecular formula is C15H17F3N2O. The molecule has 2 rings (SSSR count). The van der Waals surface area contributed by atoms with Crippen LogP contribution in [0.25, 0.3) is 0 Å². The lowest BCUT2D eigenvalue weighted by molar-refractivity contribution is -0.0924. The van der Waals surface area contributed by atoms with Crippen LogP contribution in [0.2, 0.25) is 0 Å². The van der Waals surface area contributed by atoms with Gasteiger partial charge in [-0.1, -0.05) is 13.8 Å². The van der Waals surface area contributed by atoms with Crippen molar-refractivity contribution in [3.05, 3.63) is 47.9 Å². The summed E-state index contributed by atoms with van der Waals surface area (Å²) >= 11 is 0. The smallest absolute Gasteiger partial charge is 0.433 e. The monoisotopic (exact) mass is 298 g/mol. The first-order chi connectivity index (χ1) is 9.95. The maximum absolute atomic E-state index is 12.6. The number of hydrogen-bond donors (Lipinski definition) is 1. The van der Waals surface area contributed by atoms with Gasteiger partial charge in [0.05, 0.1) is 0 Å². The molecular weight excluding hydrogens is 281 g/mol. The third-order valence-corrected chi connectivity index (χ3v) is 2.34. The van der Waals surface area contributed by atoms with Gasteiger partial charge in [0.1, 0.15) is 17.2 Å². The Kier molecular flexibility index (Phi) is 6.02. The van der Waals surface area contributed by atoms with E-state index in [1.807, 2.05) is 13.8 Å². The van der Waals surface area contributed by atoms with Crippen LogP contribution in [0.5, 0.6) is 5.75 Å². The van der Waals surface area contributed by atoms with E-state index in [0.717, 1.165) is 6.08 Å². The van der Waals surface area contributed by atoms with Crippen LogP contribution in [0.15, 0.2) is 52.9 Å². The minimum atomic E-state index is -4.50. The molecule has 0 spiro atoms. The van der Waals surface area contributed by atoms with Gasteiger partial charge in [0.25, 0.3) is 0 Å². The number of alkyl halides is 3. The van der Waals surface area contributed by atoms with E-state index in [1.165, 1.54) is 12.3 Å². The van der Waals surface area contributed by atoms with Gasteiger partial charge in [-0.25, -0.2) is 0 Å². The van der Waals surface area contributed by atoms with Crippen molar-refractivity contribution < 1.29 is 17.9 Å². The zero-order chi connectivity index (χ0) is 15.9. The van der Waals surface area contributed by atoms with E-state index in [1.54, 1.807) is 24.3 Å². The number of allylic oxidation sites excluding steroid dienone is 3. The van der Waals surface area contributed by atoms with Gasteiger partial charge in [-0.2, -0.15) is 13.2 Å². The van der Waals surface area contributed by atoms with E-state index in [9.17, 15) is 13.2 Å². The molecule has 0 saturated carbocycles. The number of nitrogen functional groups attached to an aromatic ring is 1. The van der Waals surface area contributed by atoms with Gasteiger partial charge < -0.3 is 10.5 Å². The molecule has 1 heterocycles. The molecule has 1 aliphatic rings. The minimum absolute atomic E-state index is 0.106. The lowest BCUT2D eigenvalue weighted by atomic mass is 10.3. The van der Waals surface area contributed by atoms with Crippen LogP contribution in [0, 0.1) is 0 Å². The van der Waals surface area contributed by atoms with Crippen LogP contribution in [-0.2, 0) is 0 Å². The summed E-state index contributed by atoms with van der Waals surface area (Å²) in [6.45, 7) is 4.00. The second-order valence-corrected chi connectivity index (χ2v) is 3.85. The summed E-state index contributed by atoms with van der Waals surface area (Å²) in [4.78, 5) is 3.36. The molecule has 1 aromatic rings. The van der Waals surface area contributed by atoms with Crippen molar-refractivity contribution >= 4 is 11.9 Å². The SMILES string of the molecule is CC.Nc1ccc(OC2=CCC=NC(C(F)(F)F)=C2)cc1. The van der Waals surface area contributed by atoms with E-state index < -0.39 is 11.9 Å². The first-order valence-electron chi connectivity index (χ1n) is 6.50. The van der Waals surface area contributed by atoms with Crippen molar-refractivity contribution in [2.75, 3.05) is 5.73 Å². The maximum atomic E-state index is 12.6. The summed E-state index contributed by atoms with van der Waals surface area (Å²) in [5.41, 5.74) is 5.09. The molecule has 0 atom stereocenters. The quantitative estimate of drug-likeness (QED) is 0.818. The summed E-state index contributed by atoms with van der Waals surface area (Å²) in [6, 6.07) is 6.39. The first kappa shape index (κ1) is 16.8. The number of nitrogens with zero attached hydrogens (tertiary/aromatic N) is 1. The van der Waals surface area contributed by atoms with Crippen molar-refractivity contribution in [3.8, 4) is 5.75 Å². The molecule has 1 aromatic carbocycles. The summed E-state index contributed by atoms with van der Waals surface area (Å²) in [5.74, 6) is 0.523. The molecule has 2 N–H and O–H groups in total. The van der Waals surface area contributed by atoms with Gasteiger partial charge in [-0.3, -0.25) is 4.99 Å². The van der Waals surface area contributed by atoms with Crippen molar-refractivity contribution in [1.29, 1.82) is 0 Å². The lowest BCUT2D eigenvalue weighted by Gasteiger charge is -2.09. The Morgan fingerprint density at radius 2 is 1.76 bits per heavy atom. The van der Waals surface area contributed by atoms with Crippen molar-refractivity contribution in [2.24, 2.45) is 4.99 Å². The Labute approximate surface area is 121 Å². The van der Waals surface area contributed by atoms with Crippen molar-refractivity contribution in [2.45, 2.75) is 26.4 Å². The summed E-state index contributed by atoms with van der Waals surface area (Å²) < 4.78 is 43.2. The Balaban J connectivity index is 0.00000106. The molecule has 0 unspecified atom stereocenters. The average Bonchev–Trinajstić information content (AvgIpc) is 2.69. The molecule has 0 amide bonds. The number of nitrogens with two attached hydrogens (primary N) is 1. The third kappa shape index (κ3) is 5.33. The topological polar surface area (TPSA) is 47.6 Å². The van der Waals surface area contributed by atoms with Gasteiger partial charge in [-0.15, -0.1) is 0 Å². The average molecular weight is 298 g/mol. The largest absolute Gasteiger partial charge is 0.458 e. The maximum Gasteiger partial charge on any atom is 0.433 e. The molecule has 1 aliphatic heterocycles. The first-order valence-corrected chi connectivity index (χ1v) is 6.50. The molecule has 0 saturated heterocycles. The molecule has 21 heavy (non-hydrogen) atoms. The lowest BCUT2D eigenvalue weighted by Crippen LogP contribution is -2.10. The zero-order valence-corrected chi connectivity index (χ0v) is 11.8. The van der Waals surface area contributed by atoms with E-state index in [4.69, 9.17) is 10.5 Å². The number of halogens is 3. The highest BCUT2D eigenvalue weighted by Gasteiger charge is 2.34. The van der Waals surface area contributed by atoms with Crippen LogP contribution >= 0.6 is 0 Å². The predicted octanol–water partition coefficient (Wildman–Crippen LogP) is 4.48. The highest BCUT2D eigenvalue weighted by atomic mass is 19.4. The molecule has 3 nitrogen and oxygen atoms in total. The van der Waals surface area contributed by atoms with E-state index in [-0.39, 0.29) is 12.2 Å².